The minimum atomic E-state index is -1.70. The summed E-state index contributed by atoms with van der Waals surface area (Å²) in [5.41, 5.74) is 9.65. The minimum absolute atomic E-state index is 0.0265. The number of phenols is 1. The fraction of sp³-hybridized carbons (Fsp3) is 0.304. The number of anilines is 1. The van der Waals surface area contributed by atoms with Gasteiger partial charge in [0.1, 0.15) is 79.5 Å². The molecule has 2 heterocycles. The van der Waals surface area contributed by atoms with Crippen molar-refractivity contribution in [3.05, 3.63) is 209 Å². The van der Waals surface area contributed by atoms with Crippen LogP contribution < -0.4 is 68.2 Å². The van der Waals surface area contributed by atoms with E-state index >= 15 is 9.59 Å². The van der Waals surface area contributed by atoms with E-state index in [0.29, 0.717) is 56.5 Å². The van der Waals surface area contributed by atoms with Gasteiger partial charge in [-0.15, -0.1) is 0 Å². The van der Waals surface area contributed by atoms with Crippen LogP contribution in [-0.2, 0) is 73.6 Å². The molecule has 29 heteroatoms. The monoisotopic (exact) mass is 1470 g/mol. The molecule has 29 nitrogen and oxygen atoms in total. The Bertz CT molecular complexity index is 4690. The number of carboxylic acid groups (broad SMARTS) is 2. The van der Waals surface area contributed by atoms with Crippen LogP contribution in [-0.4, -0.2) is 187 Å². The number of likely N-dealkylation sites (tertiary alicyclic amines) is 1. The predicted octanol–water partition coefficient (Wildman–Crippen LogP) is 0.819. The van der Waals surface area contributed by atoms with E-state index in [0.717, 1.165) is 11.0 Å². The Morgan fingerprint density at radius 3 is 1.69 bits per heavy atom. The van der Waals surface area contributed by atoms with Crippen molar-refractivity contribution in [3.63, 3.8) is 0 Å². The third kappa shape index (κ3) is 21.0. The van der Waals surface area contributed by atoms with Crippen LogP contribution in [0.2, 0.25) is 0 Å². The number of carboxylic acids is 2. The van der Waals surface area contributed by atoms with Crippen molar-refractivity contribution in [2.75, 3.05) is 52.8 Å². The molecule has 0 saturated carbocycles. The number of hydrogen-bond acceptors (Lipinski definition) is 17. The van der Waals surface area contributed by atoms with E-state index in [-0.39, 0.29) is 61.1 Å². The molecule has 0 unspecified atom stereocenters. The second-order valence-electron chi connectivity index (χ2n) is 26.7. The SMILES string of the molecule is C[C@H](NC(=O)[C@H](Cc1ccccc1)NC(=O)[C@H](CCC(N)=O)NC(=O)CNC(=O)[C@@H]1CCCN1C(=O)[C@H](Cc1ccccc1)NC(=O)[C@H](Cc1ccc(O)cc1)NC(=O)c1ccc(C(=O)[O-])c(-c2c3ccc(=[N+](C)C)cc-3oc3cc(N(C)C)ccc23)c1)C(=O)N[C@@H](Cc1ccccc1)C(=O)N[C@@H](CO)C(=O)O. The molecule has 564 valence electrons. The number of carbonyl (C=O) groups excluding carboxylic acids is 11. The third-order valence-electron chi connectivity index (χ3n) is 18.4. The van der Waals surface area contributed by atoms with E-state index in [4.69, 9.17) is 10.2 Å². The van der Waals surface area contributed by atoms with Crippen LogP contribution in [0.1, 0.15) is 75.6 Å². The van der Waals surface area contributed by atoms with Gasteiger partial charge >= 0.3 is 5.97 Å². The van der Waals surface area contributed by atoms with E-state index in [1.165, 1.54) is 42.2 Å². The number of aliphatic carboxylic acids is 1. The van der Waals surface area contributed by atoms with E-state index in [1.54, 1.807) is 115 Å². The number of aliphatic hydroxyl groups excluding tert-OH is 1. The number of carbonyl (C=O) groups is 12. The Kier molecular flexibility index (Phi) is 27.0. The van der Waals surface area contributed by atoms with Crippen molar-refractivity contribution >= 4 is 87.7 Å². The van der Waals surface area contributed by atoms with Gasteiger partial charge in [-0.2, -0.15) is 0 Å². The molecule has 0 bridgehead atoms. The van der Waals surface area contributed by atoms with Crippen LogP contribution in [0.25, 0.3) is 33.4 Å². The second kappa shape index (κ2) is 36.8. The number of hydrogen-bond donors (Lipinski definition) is 12. The van der Waals surface area contributed by atoms with Gasteiger partial charge in [-0.3, -0.25) is 47.9 Å². The highest BCUT2D eigenvalue weighted by Gasteiger charge is 2.40. The molecule has 0 radical (unpaired) electrons. The van der Waals surface area contributed by atoms with E-state index < -0.39 is 145 Å². The molecule has 9 rings (SSSR count). The lowest BCUT2D eigenvalue weighted by molar-refractivity contribution is -0.255. The maximum atomic E-state index is 15.1. The highest BCUT2D eigenvalue weighted by Crippen LogP contribution is 2.42. The molecule has 6 aromatic carbocycles. The number of aromatic hydroxyl groups is 1. The van der Waals surface area contributed by atoms with Crippen LogP contribution in [0.5, 0.6) is 5.75 Å². The van der Waals surface area contributed by atoms with Crippen LogP contribution in [0.15, 0.2) is 174 Å². The number of nitrogens with zero attached hydrogens (tertiary/aromatic N) is 3. The standard InChI is InChI=1S/C79H86N12O17/c1-45(70(96)84-60(37-47-18-11-7-12-19-47)75(101)88-63(44-92)79(106)107)82-73(99)59(36-46-16-9-6-10-17-46)86-72(98)58(33-34-67(80)94)83-68(95)43-81-76(102)64-22-15-35-91(64)77(103)62(39-48-20-13-8-14-21-48)87-74(100)61(38-49-23-28-53(93)29-24-49)85-71(97)50-25-30-54(78(104)105)57(40-50)69-55-31-26-51(89(2)3)41-65(55)108-66-42-52(90(4)5)27-32-56(66)69/h6-14,16-21,23-32,40-42,45,58-64,92H,15,22,33-39,43-44H2,1-5H3,(H12-,80,81,82,83,84,85,86,87,88,93,94,95,96,97,98,99,100,101,102,104,105,106,107)/t45-,58-,59-,60-,61-,62-,63-,64-/m0/s1. The average Bonchev–Trinajstić information content (AvgIpc) is 0.811. The molecule has 1 aliphatic carbocycles. The molecule has 1 saturated heterocycles. The summed E-state index contributed by atoms with van der Waals surface area (Å²) in [6.07, 6.45) is -1.01. The molecular weight excluding hydrogens is 1390 g/mol. The first-order valence-electron chi connectivity index (χ1n) is 34.9. The van der Waals surface area contributed by atoms with Gasteiger partial charge in [0.25, 0.3) is 5.91 Å². The number of aliphatic hydroxyl groups is 1. The summed E-state index contributed by atoms with van der Waals surface area (Å²) in [5, 5.41) is 64.3. The van der Waals surface area contributed by atoms with Gasteiger partial charge in [-0.25, -0.2) is 9.37 Å². The molecule has 2 aliphatic heterocycles. The summed E-state index contributed by atoms with van der Waals surface area (Å²) in [6.45, 7) is -0.404. The van der Waals surface area contributed by atoms with Gasteiger partial charge in [0.2, 0.25) is 58.5 Å². The molecule has 1 fully saturated rings. The van der Waals surface area contributed by atoms with Crippen LogP contribution in [0.3, 0.4) is 0 Å². The lowest BCUT2D eigenvalue weighted by Crippen LogP contribution is -2.59. The van der Waals surface area contributed by atoms with Gasteiger partial charge in [0.05, 0.1) is 25.2 Å². The number of aromatic carboxylic acids is 1. The smallest absolute Gasteiger partial charge is 0.328 e. The van der Waals surface area contributed by atoms with E-state index in [2.05, 4.69) is 42.5 Å². The van der Waals surface area contributed by atoms with Crippen molar-refractivity contribution in [2.45, 2.75) is 107 Å². The number of rotatable bonds is 33. The van der Waals surface area contributed by atoms with E-state index in [1.807, 2.05) is 61.9 Å². The van der Waals surface area contributed by atoms with Gasteiger partial charge in [-0.05, 0) is 96.5 Å². The Balaban J connectivity index is 0.910. The first kappa shape index (κ1) is 79.3. The molecule has 3 aliphatic rings. The van der Waals surface area contributed by atoms with Crippen LogP contribution >= 0.6 is 0 Å². The third-order valence-corrected chi connectivity index (χ3v) is 18.4. The van der Waals surface area contributed by atoms with Gasteiger partial charge < -0.3 is 87.7 Å². The highest BCUT2D eigenvalue weighted by molar-refractivity contribution is 6.10. The largest absolute Gasteiger partial charge is 0.545 e. The summed E-state index contributed by atoms with van der Waals surface area (Å²) in [6, 6.07) is 34.6. The zero-order chi connectivity index (χ0) is 77.9. The molecular formula is C79H86N12O17. The Morgan fingerprint density at radius 1 is 0.602 bits per heavy atom. The number of amides is 10. The quantitative estimate of drug-likeness (QED) is 0.0200. The van der Waals surface area contributed by atoms with Crippen molar-refractivity contribution in [1.82, 2.24) is 52.0 Å². The summed E-state index contributed by atoms with van der Waals surface area (Å²) in [5.74, 6) is -11.4. The zero-order valence-electron chi connectivity index (χ0n) is 60.0. The first-order chi connectivity index (χ1) is 51.6. The van der Waals surface area contributed by atoms with Crippen molar-refractivity contribution < 1.29 is 82.4 Å². The van der Waals surface area contributed by atoms with Gasteiger partial charge in [-0.1, -0.05) is 109 Å². The predicted molar refractivity (Wildman–Crippen MR) is 396 cm³/mol. The molecule has 6 aromatic rings. The maximum Gasteiger partial charge on any atom is 0.328 e. The summed E-state index contributed by atoms with van der Waals surface area (Å²) < 4.78 is 8.37. The van der Waals surface area contributed by atoms with Crippen LogP contribution in [0, 0.1) is 0 Å². The number of phenolic OH excluding ortho intramolecular Hbond substituents is 1. The number of primary amides is 1. The Hall–Kier alpha value is -12.8. The molecule has 0 spiro atoms. The maximum absolute atomic E-state index is 15.1. The van der Waals surface area contributed by atoms with Crippen molar-refractivity contribution in [3.8, 4) is 28.2 Å². The van der Waals surface area contributed by atoms with Gasteiger partial charge in [0.15, 0.2) is 0 Å². The number of benzene rings is 7. The topological polar surface area (TPSA) is 433 Å². The molecule has 0 aromatic heterocycles. The number of nitrogens with two attached hydrogens (primary N) is 1. The van der Waals surface area contributed by atoms with Gasteiger partial charge in [0, 0.05) is 98.2 Å². The average molecular weight is 1480 g/mol. The normalized spacial score (nSPS) is 14.4. The molecule has 108 heavy (non-hydrogen) atoms. The Labute approximate surface area is 621 Å². The van der Waals surface area contributed by atoms with Crippen molar-refractivity contribution in [1.29, 1.82) is 0 Å². The van der Waals surface area contributed by atoms with Crippen molar-refractivity contribution in [2.24, 2.45) is 5.73 Å². The number of nitrogens with one attached hydrogen (secondary N) is 8. The number of fused-ring (bicyclic) bond motifs is 2. The summed E-state index contributed by atoms with van der Waals surface area (Å²) in [4.78, 5) is 169. The molecule has 8 atom stereocenters. The minimum Gasteiger partial charge on any atom is -0.545 e. The fourth-order valence-electron chi connectivity index (χ4n) is 12.5. The summed E-state index contributed by atoms with van der Waals surface area (Å²) >= 11 is 0. The Morgan fingerprint density at radius 2 is 1.14 bits per heavy atom. The molecule has 10 amide bonds. The molecule has 13 N–H and O–H groups in total. The van der Waals surface area contributed by atoms with E-state index in [9.17, 15) is 68.4 Å². The summed E-state index contributed by atoms with van der Waals surface area (Å²) in [7, 11) is 7.44. The second-order valence-corrected chi connectivity index (χ2v) is 26.7. The zero-order valence-corrected chi connectivity index (χ0v) is 60.0. The van der Waals surface area contributed by atoms with Crippen LogP contribution in [0.4, 0.5) is 5.69 Å². The fourth-order valence-corrected chi connectivity index (χ4v) is 12.5. The lowest BCUT2D eigenvalue weighted by Gasteiger charge is -2.30. The lowest BCUT2D eigenvalue weighted by atomic mass is 9.89. The highest BCUT2D eigenvalue weighted by atomic mass is 16.4. The first-order valence-corrected chi connectivity index (χ1v) is 34.9.